The Hall–Kier alpha value is -2.56. The Kier molecular flexibility index (Phi) is 6.87. The molecule has 0 atom stereocenters. The highest BCUT2D eigenvalue weighted by molar-refractivity contribution is 6.35. The Bertz CT molecular complexity index is 1160. The summed E-state index contributed by atoms with van der Waals surface area (Å²) >= 11 is 17.8. The minimum absolute atomic E-state index is 0.0295. The number of aromatic nitrogens is 2. The van der Waals surface area contributed by atoms with Gasteiger partial charge in [0.25, 0.3) is 0 Å². The number of nitrogens with one attached hydrogen (secondary N) is 1. The van der Waals surface area contributed by atoms with Crippen molar-refractivity contribution in [1.82, 2.24) is 9.97 Å². The summed E-state index contributed by atoms with van der Waals surface area (Å²) in [6.07, 6.45) is -8.18. The molecule has 2 heterocycles. The van der Waals surface area contributed by atoms with Crippen molar-refractivity contribution in [3.05, 3.63) is 86.2 Å². The van der Waals surface area contributed by atoms with Gasteiger partial charge in [0, 0.05) is 23.0 Å². The molecule has 2 aromatic heterocycles. The summed E-state index contributed by atoms with van der Waals surface area (Å²) in [5.41, 5.74) is 0.454. The number of hydrogen-bond acceptors (Lipinski definition) is 4. The van der Waals surface area contributed by atoms with Crippen LogP contribution in [0.1, 0.15) is 22.4 Å². The lowest BCUT2D eigenvalue weighted by atomic mass is 10.1. The van der Waals surface area contributed by atoms with E-state index in [1.54, 1.807) is 0 Å². The molecule has 0 fully saturated rings. The summed E-state index contributed by atoms with van der Waals surface area (Å²) in [6, 6.07) is 7.32. The molecule has 0 aliphatic rings. The topological polar surface area (TPSA) is 50.2 Å². The van der Waals surface area contributed by atoms with Crippen LogP contribution in [0.15, 0.2) is 53.9 Å². The van der Waals surface area contributed by atoms with E-state index >= 15 is 0 Å². The first-order valence-electron chi connectivity index (χ1n) is 8.42. The minimum atomic E-state index is -4.66. The van der Waals surface area contributed by atoms with E-state index in [0.717, 1.165) is 0 Å². The third-order valence-electron chi connectivity index (χ3n) is 3.95. The molecule has 13 heteroatoms. The summed E-state index contributed by atoms with van der Waals surface area (Å²) in [4.78, 5) is 7.36. The van der Waals surface area contributed by atoms with Crippen LogP contribution in [0.2, 0.25) is 15.1 Å². The number of halogens is 9. The minimum Gasteiger partial charge on any atom is -0.259 e. The first kappa shape index (κ1) is 24.1. The van der Waals surface area contributed by atoms with Crippen molar-refractivity contribution in [3.63, 3.8) is 0 Å². The molecule has 32 heavy (non-hydrogen) atoms. The molecule has 0 amide bonds. The zero-order valence-electron chi connectivity index (χ0n) is 15.4. The molecule has 0 unspecified atom stereocenters. The maximum atomic E-state index is 12.9. The van der Waals surface area contributed by atoms with E-state index < -0.39 is 23.5 Å². The van der Waals surface area contributed by atoms with E-state index in [9.17, 15) is 26.3 Å². The summed E-state index contributed by atoms with van der Waals surface area (Å²) in [5, 5.41) is 3.67. The van der Waals surface area contributed by atoms with Crippen LogP contribution in [-0.2, 0) is 12.4 Å². The van der Waals surface area contributed by atoms with Gasteiger partial charge in [-0.25, -0.2) is 4.98 Å². The van der Waals surface area contributed by atoms with Crippen LogP contribution in [0.25, 0.3) is 0 Å². The molecule has 0 radical (unpaired) electrons. The number of hydrogen-bond donors (Lipinski definition) is 1. The second-order valence-corrected chi connectivity index (χ2v) is 7.43. The summed E-state index contributed by atoms with van der Waals surface area (Å²) in [6.45, 7) is 0. The molecule has 3 aromatic rings. The van der Waals surface area contributed by atoms with Crippen LogP contribution in [0, 0.1) is 0 Å². The van der Waals surface area contributed by atoms with Crippen molar-refractivity contribution in [1.29, 1.82) is 0 Å². The largest absolute Gasteiger partial charge is 0.417 e. The van der Waals surface area contributed by atoms with E-state index in [-0.39, 0.29) is 27.3 Å². The average molecular weight is 514 g/mol. The second kappa shape index (κ2) is 9.13. The molecule has 3 rings (SSSR count). The van der Waals surface area contributed by atoms with Gasteiger partial charge >= 0.3 is 12.4 Å². The van der Waals surface area contributed by atoms with Crippen LogP contribution in [-0.4, -0.2) is 15.7 Å². The summed E-state index contributed by atoms with van der Waals surface area (Å²) in [7, 11) is 0. The first-order valence-corrected chi connectivity index (χ1v) is 9.55. The number of benzene rings is 1. The van der Waals surface area contributed by atoms with Gasteiger partial charge in [0.05, 0.1) is 21.2 Å². The van der Waals surface area contributed by atoms with Gasteiger partial charge in [-0.2, -0.15) is 31.4 Å². The van der Waals surface area contributed by atoms with Gasteiger partial charge in [-0.3, -0.25) is 10.4 Å². The van der Waals surface area contributed by atoms with Crippen molar-refractivity contribution >= 4 is 46.3 Å². The molecule has 1 N–H and O–H groups in total. The van der Waals surface area contributed by atoms with Crippen molar-refractivity contribution in [2.75, 3.05) is 5.43 Å². The molecular formula is C19H9Cl3F6N4. The summed E-state index contributed by atoms with van der Waals surface area (Å²) in [5.74, 6) is -0.228. The monoisotopic (exact) mass is 512 g/mol. The number of rotatable bonds is 4. The van der Waals surface area contributed by atoms with E-state index in [0.29, 0.717) is 35.1 Å². The highest BCUT2D eigenvalue weighted by Gasteiger charge is 2.33. The third-order valence-corrected chi connectivity index (χ3v) is 4.78. The second-order valence-electron chi connectivity index (χ2n) is 6.18. The van der Waals surface area contributed by atoms with Gasteiger partial charge < -0.3 is 0 Å². The predicted molar refractivity (Wildman–Crippen MR) is 109 cm³/mol. The highest BCUT2D eigenvalue weighted by atomic mass is 35.5. The fraction of sp³-hybridized carbons (Fsp3) is 0.105. The van der Waals surface area contributed by atoms with Crippen LogP contribution in [0.3, 0.4) is 0 Å². The standard InChI is InChI=1S/C19H9Cl3F6N4/c20-12-3-1-9(2-4-12)15(16-13(21)5-10(7-29-16)18(23,24)25)31-32-17-14(22)6-11(8-30-17)19(26,27)28/h1-8H,(H,30,32)/b31-15-. The molecule has 0 bridgehead atoms. The fourth-order valence-electron chi connectivity index (χ4n) is 2.41. The lowest BCUT2D eigenvalue weighted by molar-refractivity contribution is -0.138. The van der Waals surface area contributed by atoms with E-state index in [1.165, 1.54) is 24.3 Å². The smallest absolute Gasteiger partial charge is 0.259 e. The number of nitrogens with zero attached hydrogens (tertiary/aromatic N) is 3. The molecule has 0 spiro atoms. The Morgan fingerprint density at radius 1 is 0.781 bits per heavy atom. The molecule has 0 aliphatic carbocycles. The number of hydrazone groups is 1. The molecule has 0 saturated carbocycles. The third kappa shape index (κ3) is 5.62. The van der Waals surface area contributed by atoms with Gasteiger partial charge in [0.1, 0.15) is 11.4 Å². The zero-order chi connectivity index (χ0) is 23.7. The Labute approximate surface area is 191 Å². The maximum absolute atomic E-state index is 12.9. The molecule has 4 nitrogen and oxygen atoms in total. The van der Waals surface area contributed by atoms with Crippen molar-refractivity contribution in [2.24, 2.45) is 5.10 Å². The van der Waals surface area contributed by atoms with Gasteiger partial charge in [0.15, 0.2) is 5.82 Å². The molecule has 0 aliphatic heterocycles. The number of anilines is 1. The molecule has 1 aromatic carbocycles. The van der Waals surface area contributed by atoms with E-state index in [1.807, 2.05) is 0 Å². The number of alkyl halides is 6. The Morgan fingerprint density at radius 3 is 1.81 bits per heavy atom. The van der Waals surface area contributed by atoms with Crippen LogP contribution < -0.4 is 5.43 Å². The van der Waals surface area contributed by atoms with Crippen molar-refractivity contribution in [3.8, 4) is 0 Å². The van der Waals surface area contributed by atoms with Gasteiger partial charge in [-0.15, -0.1) is 0 Å². The lowest BCUT2D eigenvalue weighted by Gasteiger charge is -2.13. The quantitative estimate of drug-likeness (QED) is 0.226. The van der Waals surface area contributed by atoms with Crippen LogP contribution in [0.5, 0.6) is 0 Å². The normalized spacial score (nSPS) is 12.7. The maximum Gasteiger partial charge on any atom is 0.417 e. The molecule has 168 valence electrons. The molecule has 0 saturated heterocycles. The van der Waals surface area contributed by atoms with Crippen molar-refractivity contribution < 1.29 is 26.3 Å². The number of pyridine rings is 2. The Morgan fingerprint density at radius 2 is 1.31 bits per heavy atom. The van der Waals surface area contributed by atoms with Crippen LogP contribution >= 0.6 is 34.8 Å². The fourth-order valence-corrected chi connectivity index (χ4v) is 3.00. The predicted octanol–water partition coefficient (Wildman–Crippen LogP) is 7.34. The van der Waals surface area contributed by atoms with Gasteiger partial charge in [-0.1, -0.05) is 46.9 Å². The van der Waals surface area contributed by atoms with Crippen molar-refractivity contribution in [2.45, 2.75) is 12.4 Å². The van der Waals surface area contributed by atoms with Gasteiger partial charge in [0.2, 0.25) is 0 Å². The average Bonchev–Trinajstić information content (AvgIpc) is 2.69. The van der Waals surface area contributed by atoms with Gasteiger partial charge in [-0.05, 0) is 24.3 Å². The first-order chi connectivity index (χ1) is 14.9. The SMILES string of the molecule is FC(F)(F)c1cnc(N/N=C(/c2ccc(Cl)cc2)c2ncc(C(F)(F)F)cc2Cl)c(Cl)c1. The lowest BCUT2D eigenvalue weighted by Crippen LogP contribution is -2.13. The molecular weight excluding hydrogens is 505 g/mol. The Balaban J connectivity index is 2.05. The van der Waals surface area contributed by atoms with E-state index in [4.69, 9.17) is 34.8 Å². The zero-order valence-corrected chi connectivity index (χ0v) is 17.6. The highest BCUT2D eigenvalue weighted by Crippen LogP contribution is 2.33. The van der Waals surface area contributed by atoms with Crippen LogP contribution in [0.4, 0.5) is 32.2 Å². The summed E-state index contributed by atoms with van der Waals surface area (Å²) < 4.78 is 77.2. The van der Waals surface area contributed by atoms with E-state index in [2.05, 4.69) is 20.5 Å².